The summed E-state index contributed by atoms with van der Waals surface area (Å²) in [6.45, 7) is 5.37. The van der Waals surface area contributed by atoms with Crippen LogP contribution in [0.1, 0.15) is 28.8 Å². The molecule has 2 amide bonds. The van der Waals surface area contributed by atoms with Crippen LogP contribution in [0.4, 0.5) is 10.6 Å². The first-order valence-electron chi connectivity index (χ1n) is 12.6. The van der Waals surface area contributed by atoms with Gasteiger partial charge in [-0.2, -0.15) is 0 Å². The Morgan fingerprint density at radius 1 is 1.08 bits per heavy atom. The summed E-state index contributed by atoms with van der Waals surface area (Å²) in [5, 5.41) is 15.4. The van der Waals surface area contributed by atoms with Crippen molar-refractivity contribution in [2.24, 2.45) is 7.05 Å². The van der Waals surface area contributed by atoms with Crippen LogP contribution in [0, 0.1) is 0 Å². The predicted octanol–water partition coefficient (Wildman–Crippen LogP) is 2.45. The number of amides is 2. The van der Waals surface area contributed by atoms with Crippen LogP contribution in [-0.2, 0) is 18.3 Å². The number of anilines is 1. The number of hydrogen-bond donors (Lipinski definition) is 1. The summed E-state index contributed by atoms with van der Waals surface area (Å²) in [6.07, 6.45) is 2.67. The molecule has 0 spiro atoms. The highest BCUT2D eigenvalue weighted by Crippen LogP contribution is 2.28. The Morgan fingerprint density at radius 3 is 2.50 bits per heavy atom. The summed E-state index contributed by atoms with van der Waals surface area (Å²) < 4.78 is 12.5. The third kappa shape index (κ3) is 6.85. The number of tetrazole rings is 1. The fourth-order valence-electron chi connectivity index (χ4n) is 4.27. The lowest BCUT2D eigenvalue weighted by Crippen LogP contribution is -2.41. The number of pyridine rings is 1. The van der Waals surface area contributed by atoms with E-state index in [1.165, 1.54) is 6.20 Å². The maximum Gasteiger partial charge on any atom is 0.415 e. The minimum Gasteiger partial charge on any atom is -0.409 e. The summed E-state index contributed by atoms with van der Waals surface area (Å²) >= 11 is 1.63. The zero-order valence-electron chi connectivity index (χ0n) is 21.2. The lowest BCUT2D eigenvalue weighted by Gasteiger charge is -2.30. The molecule has 200 valence electrons. The summed E-state index contributed by atoms with van der Waals surface area (Å²) in [4.78, 5) is 33.5. The van der Waals surface area contributed by atoms with Crippen molar-refractivity contribution in [2.75, 3.05) is 44.7 Å². The van der Waals surface area contributed by atoms with E-state index in [1.807, 2.05) is 31.3 Å². The van der Waals surface area contributed by atoms with Crippen LogP contribution < -0.4 is 10.1 Å². The van der Waals surface area contributed by atoms with E-state index in [-0.39, 0.29) is 5.91 Å². The quantitative estimate of drug-likeness (QED) is 0.479. The Morgan fingerprint density at radius 2 is 1.84 bits per heavy atom. The first-order chi connectivity index (χ1) is 18.5. The molecule has 12 nitrogen and oxygen atoms in total. The molecule has 4 heterocycles. The van der Waals surface area contributed by atoms with Crippen LogP contribution in [0.15, 0.2) is 47.8 Å². The Labute approximate surface area is 224 Å². The standard InChI is InChI=1S/C25H30N8O4S/c1-31-24(28-29-30-31)38-21-8-10-33(11-9-21)25(35)37-20-6-7-22(26-16-20)27-23(34)19-4-2-18(3-5-19)17-32-12-14-36-15-13-32/h2-7,16,21H,8-15,17H2,1H3,(H,26,27,34). The fourth-order valence-corrected chi connectivity index (χ4v) is 5.29. The van der Waals surface area contributed by atoms with Crippen LogP contribution in [0.2, 0.25) is 0 Å². The molecule has 38 heavy (non-hydrogen) atoms. The van der Waals surface area contributed by atoms with Crippen molar-refractivity contribution in [2.45, 2.75) is 29.8 Å². The number of hydrogen-bond acceptors (Lipinski definition) is 10. The average Bonchev–Trinajstić information content (AvgIpc) is 3.35. The Hall–Kier alpha value is -3.55. The van der Waals surface area contributed by atoms with Gasteiger partial charge >= 0.3 is 6.09 Å². The topological polar surface area (TPSA) is 128 Å². The highest BCUT2D eigenvalue weighted by Gasteiger charge is 2.26. The zero-order chi connectivity index (χ0) is 26.3. The number of rotatable bonds is 7. The Bertz CT molecular complexity index is 1220. The van der Waals surface area contributed by atoms with Gasteiger partial charge in [-0.1, -0.05) is 23.9 Å². The van der Waals surface area contributed by atoms with E-state index in [1.54, 1.807) is 33.5 Å². The van der Waals surface area contributed by atoms with Gasteiger partial charge in [0, 0.05) is 50.6 Å². The molecule has 0 atom stereocenters. The maximum atomic E-state index is 12.6. The minimum absolute atomic E-state index is 0.252. The number of carbonyl (C=O) groups is 2. The largest absolute Gasteiger partial charge is 0.415 e. The second-order valence-electron chi connectivity index (χ2n) is 9.18. The number of ether oxygens (including phenoxy) is 2. The maximum absolute atomic E-state index is 12.6. The van der Waals surface area contributed by atoms with Crippen molar-refractivity contribution in [1.82, 2.24) is 35.0 Å². The van der Waals surface area contributed by atoms with Crippen LogP contribution in [0.3, 0.4) is 0 Å². The molecule has 0 saturated carbocycles. The SMILES string of the molecule is Cn1nnnc1SC1CCN(C(=O)Oc2ccc(NC(=O)c3ccc(CN4CCOCC4)cc3)nc2)CC1. The molecule has 2 saturated heterocycles. The van der Waals surface area contributed by atoms with Gasteiger partial charge < -0.3 is 19.7 Å². The smallest absolute Gasteiger partial charge is 0.409 e. The lowest BCUT2D eigenvalue weighted by atomic mass is 10.1. The lowest BCUT2D eigenvalue weighted by molar-refractivity contribution is 0.0342. The normalized spacial score (nSPS) is 16.8. The van der Waals surface area contributed by atoms with Crippen LogP contribution in [0.5, 0.6) is 5.75 Å². The van der Waals surface area contributed by atoms with E-state index in [0.29, 0.717) is 35.5 Å². The van der Waals surface area contributed by atoms with E-state index in [4.69, 9.17) is 9.47 Å². The highest BCUT2D eigenvalue weighted by atomic mass is 32.2. The summed E-state index contributed by atoms with van der Waals surface area (Å²) in [5.74, 6) is 0.448. The second kappa shape index (κ2) is 12.3. The van der Waals surface area contributed by atoms with Crippen molar-refractivity contribution < 1.29 is 19.1 Å². The molecule has 2 fully saturated rings. The van der Waals surface area contributed by atoms with Crippen LogP contribution >= 0.6 is 11.8 Å². The van der Waals surface area contributed by atoms with Gasteiger partial charge in [0.1, 0.15) is 5.82 Å². The molecule has 2 aliphatic rings. The molecular weight excluding hydrogens is 508 g/mol. The predicted molar refractivity (Wildman–Crippen MR) is 140 cm³/mol. The number of likely N-dealkylation sites (tertiary alicyclic amines) is 1. The number of aromatic nitrogens is 5. The molecule has 1 aromatic carbocycles. The number of thioether (sulfide) groups is 1. The van der Waals surface area contributed by atoms with Gasteiger partial charge in [0.15, 0.2) is 5.75 Å². The molecule has 1 N–H and O–H groups in total. The molecule has 2 aromatic heterocycles. The number of piperidine rings is 1. The van der Waals surface area contributed by atoms with Crippen molar-refractivity contribution in [3.63, 3.8) is 0 Å². The number of morpholine rings is 1. The van der Waals surface area contributed by atoms with Crippen molar-refractivity contribution in [3.8, 4) is 5.75 Å². The number of nitrogens with one attached hydrogen (secondary N) is 1. The molecule has 0 radical (unpaired) electrons. The van der Waals surface area contributed by atoms with E-state index in [0.717, 1.165) is 56.4 Å². The molecule has 0 bridgehead atoms. The molecular formula is C25H30N8O4S. The molecule has 0 aliphatic carbocycles. The monoisotopic (exact) mass is 538 g/mol. The zero-order valence-corrected chi connectivity index (χ0v) is 22.0. The average molecular weight is 539 g/mol. The van der Waals surface area contributed by atoms with Gasteiger partial charge in [-0.05, 0) is 53.1 Å². The van der Waals surface area contributed by atoms with Crippen LogP contribution in [-0.4, -0.2) is 91.6 Å². The van der Waals surface area contributed by atoms with E-state index >= 15 is 0 Å². The summed E-state index contributed by atoms with van der Waals surface area (Å²) in [5.41, 5.74) is 1.70. The number of carbonyl (C=O) groups excluding carboxylic acids is 2. The van der Waals surface area contributed by atoms with Crippen LogP contribution in [0.25, 0.3) is 0 Å². The van der Waals surface area contributed by atoms with Crippen molar-refractivity contribution in [1.29, 1.82) is 0 Å². The summed E-state index contributed by atoms with van der Waals surface area (Å²) in [7, 11) is 1.81. The molecule has 0 unspecified atom stereocenters. The Balaban J connectivity index is 1.07. The van der Waals surface area contributed by atoms with E-state index in [9.17, 15) is 9.59 Å². The first kappa shape index (κ1) is 26.1. The third-order valence-electron chi connectivity index (χ3n) is 6.46. The van der Waals surface area contributed by atoms with Gasteiger partial charge in [0.25, 0.3) is 5.91 Å². The van der Waals surface area contributed by atoms with Gasteiger partial charge in [-0.15, -0.1) is 5.10 Å². The third-order valence-corrected chi connectivity index (χ3v) is 7.82. The second-order valence-corrected chi connectivity index (χ2v) is 10.4. The number of benzene rings is 1. The molecule has 5 rings (SSSR count). The highest BCUT2D eigenvalue weighted by molar-refractivity contribution is 7.99. The molecule has 3 aromatic rings. The fraction of sp³-hybridized carbons (Fsp3) is 0.440. The number of nitrogens with zero attached hydrogens (tertiary/aromatic N) is 7. The van der Waals surface area contributed by atoms with Gasteiger partial charge in [-0.25, -0.2) is 14.5 Å². The summed E-state index contributed by atoms with van der Waals surface area (Å²) in [6, 6.07) is 10.8. The van der Waals surface area contributed by atoms with Gasteiger partial charge in [0.2, 0.25) is 5.16 Å². The first-order valence-corrected chi connectivity index (χ1v) is 13.4. The van der Waals surface area contributed by atoms with Crippen molar-refractivity contribution >= 4 is 29.6 Å². The van der Waals surface area contributed by atoms with Gasteiger partial charge in [-0.3, -0.25) is 9.69 Å². The van der Waals surface area contributed by atoms with E-state index < -0.39 is 6.09 Å². The van der Waals surface area contributed by atoms with Crippen molar-refractivity contribution in [3.05, 3.63) is 53.7 Å². The Kier molecular flexibility index (Phi) is 8.46. The number of aryl methyl sites for hydroxylation is 1. The van der Waals surface area contributed by atoms with Gasteiger partial charge in [0.05, 0.1) is 19.4 Å². The van der Waals surface area contributed by atoms with E-state index in [2.05, 4.69) is 30.7 Å². The molecule has 2 aliphatic heterocycles. The minimum atomic E-state index is -0.412. The molecule has 13 heteroatoms.